The summed E-state index contributed by atoms with van der Waals surface area (Å²) in [5.74, 6) is 0.568. The third-order valence-electron chi connectivity index (χ3n) is 4.16. The number of rotatable bonds is 4. The Bertz CT molecular complexity index is 637. The highest BCUT2D eigenvalue weighted by Crippen LogP contribution is 2.27. The normalized spacial score (nSPS) is 15.1. The number of carbonyl (C=O) groups is 1. The molecule has 2 aromatic carbocycles. The van der Waals surface area contributed by atoms with Crippen LogP contribution in [0, 0.1) is 0 Å². The summed E-state index contributed by atoms with van der Waals surface area (Å²) in [4.78, 5) is 11.9. The summed E-state index contributed by atoms with van der Waals surface area (Å²) in [6.07, 6.45) is 1.86. The van der Waals surface area contributed by atoms with Crippen LogP contribution >= 0.6 is 0 Å². The first-order chi connectivity index (χ1) is 11.3. The van der Waals surface area contributed by atoms with E-state index >= 15 is 0 Å². The summed E-state index contributed by atoms with van der Waals surface area (Å²) < 4.78 is 5.26. The maximum absolute atomic E-state index is 11.9. The highest BCUT2D eigenvalue weighted by atomic mass is 16.5. The predicted molar refractivity (Wildman–Crippen MR) is 91.5 cm³/mol. The van der Waals surface area contributed by atoms with Gasteiger partial charge in [-0.25, -0.2) is 4.79 Å². The Morgan fingerprint density at radius 2 is 1.87 bits per heavy atom. The molecule has 4 heteroatoms. The Hall–Kier alpha value is -2.33. The van der Waals surface area contributed by atoms with E-state index in [9.17, 15) is 4.79 Å². The number of nitrogens with one attached hydrogen (secondary N) is 2. The van der Waals surface area contributed by atoms with Crippen LogP contribution in [0.3, 0.4) is 0 Å². The molecule has 2 N–H and O–H groups in total. The van der Waals surface area contributed by atoms with Crippen molar-refractivity contribution in [3.63, 3.8) is 0 Å². The van der Waals surface area contributed by atoms with Crippen LogP contribution in [-0.4, -0.2) is 19.2 Å². The molecule has 1 fully saturated rings. The minimum atomic E-state index is -0.420. The third-order valence-corrected chi connectivity index (χ3v) is 4.16. The second-order valence-electron chi connectivity index (χ2n) is 5.84. The molecule has 1 aliphatic heterocycles. The fourth-order valence-corrected chi connectivity index (χ4v) is 2.90. The van der Waals surface area contributed by atoms with Gasteiger partial charge in [-0.05, 0) is 55.1 Å². The molecule has 0 atom stereocenters. The van der Waals surface area contributed by atoms with Crippen LogP contribution in [0.1, 0.15) is 29.9 Å². The molecule has 0 saturated carbocycles. The minimum absolute atomic E-state index is 0.278. The highest BCUT2D eigenvalue weighted by Gasteiger charge is 2.15. The van der Waals surface area contributed by atoms with Crippen molar-refractivity contribution in [2.75, 3.05) is 18.4 Å². The van der Waals surface area contributed by atoms with Gasteiger partial charge in [0.05, 0.1) is 0 Å². The molecule has 1 amide bonds. The number of ether oxygens (including phenoxy) is 1. The molecule has 0 unspecified atom stereocenters. The fraction of sp³-hybridized carbons (Fsp3) is 0.316. The molecule has 120 valence electrons. The largest absolute Gasteiger partial charge is 0.444 e. The molecule has 4 nitrogen and oxygen atoms in total. The van der Waals surface area contributed by atoms with E-state index in [4.69, 9.17) is 4.74 Å². The molecular formula is C19H22N2O2. The Morgan fingerprint density at radius 3 is 2.65 bits per heavy atom. The first-order valence-electron chi connectivity index (χ1n) is 8.09. The average Bonchev–Trinajstić information content (AvgIpc) is 2.62. The van der Waals surface area contributed by atoms with Crippen molar-refractivity contribution in [1.29, 1.82) is 0 Å². The van der Waals surface area contributed by atoms with Crippen molar-refractivity contribution >= 4 is 11.8 Å². The van der Waals surface area contributed by atoms with E-state index < -0.39 is 6.09 Å². The summed E-state index contributed by atoms with van der Waals surface area (Å²) in [6.45, 7) is 2.39. The number of hydrogen-bond donors (Lipinski definition) is 2. The summed E-state index contributed by atoms with van der Waals surface area (Å²) >= 11 is 0. The summed E-state index contributed by atoms with van der Waals surface area (Å²) in [5, 5.41) is 6.19. The average molecular weight is 310 g/mol. The predicted octanol–water partition coefficient (Wildman–Crippen LogP) is 3.90. The second kappa shape index (κ2) is 7.79. The van der Waals surface area contributed by atoms with E-state index in [0.717, 1.165) is 37.2 Å². The first kappa shape index (κ1) is 15.6. The van der Waals surface area contributed by atoms with E-state index in [1.165, 1.54) is 5.56 Å². The zero-order chi connectivity index (χ0) is 15.9. The van der Waals surface area contributed by atoms with E-state index in [0.29, 0.717) is 5.92 Å². The molecule has 3 rings (SSSR count). The van der Waals surface area contributed by atoms with E-state index in [-0.39, 0.29) is 6.61 Å². The Morgan fingerprint density at radius 1 is 1.09 bits per heavy atom. The van der Waals surface area contributed by atoms with Crippen molar-refractivity contribution in [1.82, 2.24) is 5.32 Å². The SMILES string of the molecule is O=C(Nc1cccc(C2CCNCC2)c1)OCc1ccccc1. The first-order valence-corrected chi connectivity index (χ1v) is 8.09. The van der Waals surface area contributed by atoms with E-state index in [1.54, 1.807) is 0 Å². The number of carbonyl (C=O) groups excluding carboxylic acids is 1. The van der Waals surface area contributed by atoms with Gasteiger partial charge in [0.15, 0.2) is 0 Å². The zero-order valence-corrected chi connectivity index (χ0v) is 13.1. The fourth-order valence-electron chi connectivity index (χ4n) is 2.90. The van der Waals surface area contributed by atoms with Gasteiger partial charge in [-0.3, -0.25) is 5.32 Å². The lowest BCUT2D eigenvalue weighted by Gasteiger charge is -2.23. The molecule has 1 aliphatic rings. The number of benzene rings is 2. The number of anilines is 1. The van der Waals surface area contributed by atoms with Crippen LogP contribution in [-0.2, 0) is 11.3 Å². The Labute approximate surface area is 136 Å². The molecule has 23 heavy (non-hydrogen) atoms. The molecule has 0 spiro atoms. The summed E-state index contributed by atoms with van der Waals surface area (Å²) in [7, 11) is 0. The lowest BCUT2D eigenvalue weighted by atomic mass is 9.90. The van der Waals surface area contributed by atoms with Crippen molar-refractivity contribution in [3.05, 3.63) is 65.7 Å². The van der Waals surface area contributed by atoms with Gasteiger partial charge in [-0.1, -0.05) is 42.5 Å². The molecule has 0 aromatic heterocycles. The van der Waals surface area contributed by atoms with Gasteiger partial charge in [0.25, 0.3) is 0 Å². The van der Waals surface area contributed by atoms with Crippen LogP contribution < -0.4 is 10.6 Å². The number of piperidine rings is 1. The van der Waals surface area contributed by atoms with Gasteiger partial charge >= 0.3 is 6.09 Å². The topological polar surface area (TPSA) is 50.4 Å². The maximum Gasteiger partial charge on any atom is 0.411 e. The maximum atomic E-state index is 11.9. The van der Waals surface area contributed by atoms with Gasteiger partial charge in [0.1, 0.15) is 6.61 Å². The van der Waals surface area contributed by atoms with Crippen molar-refractivity contribution < 1.29 is 9.53 Å². The van der Waals surface area contributed by atoms with Gasteiger partial charge in [0.2, 0.25) is 0 Å². The molecule has 0 radical (unpaired) electrons. The molecule has 2 aromatic rings. The van der Waals surface area contributed by atoms with Crippen molar-refractivity contribution in [3.8, 4) is 0 Å². The van der Waals surface area contributed by atoms with E-state index in [1.807, 2.05) is 42.5 Å². The van der Waals surface area contributed by atoms with Gasteiger partial charge < -0.3 is 10.1 Å². The summed E-state index contributed by atoms with van der Waals surface area (Å²) in [5.41, 5.74) is 3.05. The summed E-state index contributed by atoms with van der Waals surface area (Å²) in [6, 6.07) is 17.7. The molecule has 1 saturated heterocycles. The standard InChI is InChI=1S/C19H22N2O2/c22-19(23-14-15-5-2-1-3-6-15)21-18-8-4-7-17(13-18)16-9-11-20-12-10-16/h1-8,13,16,20H,9-12,14H2,(H,21,22). The lowest BCUT2D eigenvalue weighted by molar-refractivity contribution is 0.155. The van der Waals surface area contributed by atoms with Crippen molar-refractivity contribution in [2.24, 2.45) is 0 Å². The second-order valence-corrected chi connectivity index (χ2v) is 5.84. The Balaban J connectivity index is 1.55. The van der Waals surface area contributed by atoms with Crippen molar-refractivity contribution in [2.45, 2.75) is 25.4 Å². The van der Waals surface area contributed by atoms with Gasteiger partial charge in [-0.2, -0.15) is 0 Å². The van der Waals surface area contributed by atoms with Gasteiger partial charge in [0, 0.05) is 5.69 Å². The smallest absolute Gasteiger partial charge is 0.411 e. The van der Waals surface area contributed by atoms with Crippen LogP contribution in [0.15, 0.2) is 54.6 Å². The lowest BCUT2D eigenvalue weighted by Crippen LogP contribution is -2.26. The van der Waals surface area contributed by atoms with Crippen LogP contribution in [0.25, 0.3) is 0 Å². The molecular weight excluding hydrogens is 288 g/mol. The third kappa shape index (κ3) is 4.57. The van der Waals surface area contributed by atoms with Crippen LogP contribution in [0.2, 0.25) is 0 Å². The van der Waals surface area contributed by atoms with Crippen LogP contribution in [0.4, 0.5) is 10.5 Å². The monoisotopic (exact) mass is 310 g/mol. The highest BCUT2D eigenvalue weighted by molar-refractivity contribution is 5.84. The quantitative estimate of drug-likeness (QED) is 0.900. The molecule has 0 bridgehead atoms. The van der Waals surface area contributed by atoms with Gasteiger partial charge in [-0.15, -0.1) is 0 Å². The number of hydrogen-bond acceptors (Lipinski definition) is 3. The van der Waals surface area contributed by atoms with E-state index in [2.05, 4.69) is 22.8 Å². The minimum Gasteiger partial charge on any atom is -0.444 e. The van der Waals surface area contributed by atoms with Crippen LogP contribution in [0.5, 0.6) is 0 Å². The molecule has 0 aliphatic carbocycles. The molecule has 1 heterocycles. The Kier molecular flexibility index (Phi) is 5.27. The zero-order valence-electron chi connectivity index (χ0n) is 13.1. The number of amides is 1.